The Morgan fingerprint density at radius 3 is 2.38 bits per heavy atom. The number of hydrogen-bond donors (Lipinski definition) is 1. The SMILES string of the molecule is CCN(CC)S(=O)(=O)c1cccc(C(=O)NC2CCN(Cc3ccc(F)c(F)c3)CC2)c1. The number of sulfonamides is 1. The first-order valence-electron chi connectivity index (χ1n) is 10.8. The fraction of sp³-hybridized carbons (Fsp3) is 0.435. The first-order valence-corrected chi connectivity index (χ1v) is 12.3. The van der Waals surface area contributed by atoms with Crippen molar-refractivity contribution >= 4 is 15.9 Å². The lowest BCUT2D eigenvalue weighted by Gasteiger charge is -2.32. The van der Waals surface area contributed by atoms with Crippen LogP contribution in [-0.4, -0.2) is 55.8 Å². The minimum atomic E-state index is -3.64. The number of piperidine rings is 1. The van der Waals surface area contributed by atoms with Gasteiger partial charge in [-0.2, -0.15) is 4.31 Å². The first kappa shape index (κ1) is 24.3. The molecule has 1 aliphatic heterocycles. The summed E-state index contributed by atoms with van der Waals surface area (Å²) < 4.78 is 53.3. The molecule has 0 radical (unpaired) electrons. The number of halogens is 2. The zero-order valence-electron chi connectivity index (χ0n) is 18.4. The number of carbonyl (C=O) groups is 1. The second-order valence-corrected chi connectivity index (χ2v) is 9.83. The Morgan fingerprint density at radius 1 is 1.06 bits per heavy atom. The highest BCUT2D eigenvalue weighted by atomic mass is 32.2. The van der Waals surface area contributed by atoms with E-state index in [1.54, 1.807) is 32.0 Å². The summed E-state index contributed by atoms with van der Waals surface area (Å²) in [5, 5.41) is 2.99. The predicted octanol–water partition coefficient (Wildman–Crippen LogP) is 3.39. The molecule has 1 amide bonds. The van der Waals surface area contributed by atoms with Crippen molar-refractivity contribution in [3.05, 3.63) is 65.2 Å². The molecule has 0 saturated carbocycles. The second kappa shape index (κ2) is 10.5. The van der Waals surface area contributed by atoms with Crippen LogP contribution in [0.25, 0.3) is 0 Å². The summed E-state index contributed by atoms with van der Waals surface area (Å²) >= 11 is 0. The number of rotatable bonds is 8. The van der Waals surface area contributed by atoms with Gasteiger partial charge in [0, 0.05) is 44.3 Å². The zero-order chi connectivity index (χ0) is 23.3. The van der Waals surface area contributed by atoms with Crippen LogP contribution in [0.3, 0.4) is 0 Å². The molecule has 2 aromatic rings. The van der Waals surface area contributed by atoms with Crippen molar-refractivity contribution in [2.24, 2.45) is 0 Å². The van der Waals surface area contributed by atoms with Gasteiger partial charge >= 0.3 is 0 Å². The lowest BCUT2D eigenvalue weighted by molar-refractivity contribution is 0.0908. The summed E-state index contributed by atoms with van der Waals surface area (Å²) in [4.78, 5) is 15.0. The van der Waals surface area contributed by atoms with E-state index in [1.165, 1.54) is 22.5 Å². The Kier molecular flexibility index (Phi) is 7.97. The third-order valence-electron chi connectivity index (χ3n) is 5.75. The number of nitrogens with zero attached hydrogens (tertiary/aromatic N) is 2. The molecular formula is C23H29F2N3O3S. The van der Waals surface area contributed by atoms with Gasteiger partial charge in [-0.1, -0.05) is 26.0 Å². The third kappa shape index (κ3) is 5.70. The highest BCUT2D eigenvalue weighted by molar-refractivity contribution is 7.89. The largest absolute Gasteiger partial charge is 0.349 e. The molecule has 9 heteroatoms. The van der Waals surface area contributed by atoms with Crippen molar-refractivity contribution in [3.63, 3.8) is 0 Å². The van der Waals surface area contributed by atoms with Crippen LogP contribution in [0.2, 0.25) is 0 Å². The van der Waals surface area contributed by atoms with Crippen LogP contribution in [0.4, 0.5) is 8.78 Å². The highest BCUT2D eigenvalue weighted by Crippen LogP contribution is 2.19. The van der Waals surface area contributed by atoms with Crippen LogP contribution >= 0.6 is 0 Å². The van der Waals surface area contributed by atoms with Gasteiger partial charge in [-0.25, -0.2) is 17.2 Å². The molecule has 0 aromatic heterocycles. The molecule has 1 fully saturated rings. The Bertz CT molecular complexity index is 1050. The summed E-state index contributed by atoms with van der Waals surface area (Å²) in [6, 6.07) is 9.99. The van der Waals surface area contributed by atoms with Crippen molar-refractivity contribution in [1.29, 1.82) is 0 Å². The van der Waals surface area contributed by atoms with Crippen LogP contribution in [-0.2, 0) is 16.6 Å². The number of likely N-dealkylation sites (tertiary alicyclic amines) is 1. The third-order valence-corrected chi connectivity index (χ3v) is 7.80. The van der Waals surface area contributed by atoms with Gasteiger partial charge in [0.1, 0.15) is 0 Å². The smallest absolute Gasteiger partial charge is 0.251 e. The lowest BCUT2D eigenvalue weighted by atomic mass is 10.0. The van der Waals surface area contributed by atoms with Crippen LogP contribution in [0.5, 0.6) is 0 Å². The minimum Gasteiger partial charge on any atom is -0.349 e. The van der Waals surface area contributed by atoms with Gasteiger partial charge in [-0.05, 0) is 48.7 Å². The molecule has 174 valence electrons. The van der Waals surface area contributed by atoms with E-state index in [4.69, 9.17) is 0 Å². The normalized spacial score (nSPS) is 15.8. The Balaban J connectivity index is 1.57. The average molecular weight is 466 g/mol. The Hall–Kier alpha value is -2.36. The second-order valence-electron chi connectivity index (χ2n) is 7.89. The summed E-state index contributed by atoms with van der Waals surface area (Å²) in [6.07, 6.45) is 1.43. The van der Waals surface area contributed by atoms with E-state index < -0.39 is 21.7 Å². The minimum absolute atomic E-state index is 0.0354. The standard InChI is InChI=1S/C23H29F2N3O3S/c1-3-28(4-2)32(30,31)20-7-5-6-18(15-20)23(29)26-19-10-12-27(13-11-19)16-17-8-9-21(24)22(25)14-17/h5-9,14-15,19H,3-4,10-13,16H2,1-2H3,(H,26,29). The number of carbonyl (C=O) groups excluding carboxylic acids is 1. The van der Waals surface area contributed by atoms with E-state index in [0.717, 1.165) is 6.07 Å². The zero-order valence-corrected chi connectivity index (χ0v) is 19.2. The highest BCUT2D eigenvalue weighted by Gasteiger charge is 2.24. The molecule has 1 aliphatic rings. The molecule has 0 spiro atoms. The van der Waals surface area contributed by atoms with Gasteiger partial charge in [0.05, 0.1) is 4.90 Å². The average Bonchev–Trinajstić information content (AvgIpc) is 2.78. The van der Waals surface area contributed by atoms with Crippen LogP contribution < -0.4 is 5.32 Å². The lowest BCUT2D eigenvalue weighted by Crippen LogP contribution is -2.44. The maximum absolute atomic E-state index is 13.4. The molecule has 0 bridgehead atoms. The van der Waals surface area contributed by atoms with Crippen molar-refractivity contribution in [2.45, 2.75) is 44.2 Å². The molecule has 6 nitrogen and oxygen atoms in total. The van der Waals surface area contributed by atoms with Crippen molar-refractivity contribution in [3.8, 4) is 0 Å². The summed E-state index contributed by atoms with van der Waals surface area (Å²) in [5.41, 5.74) is 1.01. The molecule has 1 N–H and O–H groups in total. The van der Waals surface area contributed by atoms with E-state index in [-0.39, 0.29) is 16.8 Å². The summed E-state index contributed by atoms with van der Waals surface area (Å²) in [5.74, 6) is -2.01. The quantitative estimate of drug-likeness (QED) is 0.649. The molecule has 1 heterocycles. The molecule has 32 heavy (non-hydrogen) atoms. The van der Waals surface area contributed by atoms with E-state index in [0.29, 0.717) is 56.7 Å². The maximum Gasteiger partial charge on any atom is 0.251 e. The van der Waals surface area contributed by atoms with Crippen LogP contribution in [0.1, 0.15) is 42.6 Å². The van der Waals surface area contributed by atoms with Crippen molar-refractivity contribution < 1.29 is 22.0 Å². The van der Waals surface area contributed by atoms with Gasteiger partial charge in [0.2, 0.25) is 10.0 Å². The number of nitrogens with one attached hydrogen (secondary N) is 1. The molecular weight excluding hydrogens is 436 g/mol. The van der Waals surface area contributed by atoms with E-state index in [9.17, 15) is 22.0 Å². The fourth-order valence-corrected chi connectivity index (χ4v) is 5.42. The molecule has 2 aromatic carbocycles. The summed E-state index contributed by atoms with van der Waals surface area (Å²) in [7, 11) is -3.64. The van der Waals surface area contributed by atoms with Gasteiger partial charge in [0.15, 0.2) is 11.6 Å². The fourth-order valence-electron chi connectivity index (χ4n) is 3.91. The molecule has 0 unspecified atom stereocenters. The molecule has 3 rings (SSSR count). The summed E-state index contributed by atoms with van der Waals surface area (Å²) in [6.45, 7) is 6.20. The topological polar surface area (TPSA) is 69.7 Å². The monoisotopic (exact) mass is 465 g/mol. The van der Waals surface area contributed by atoms with Gasteiger partial charge < -0.3 is 5.32 Å². The number of amides is 1. The van der Waals surface area contributed by atoms with Gasteiger partial charge in [-0.3, -0.25) is 9.69 Å². The van der Waals surface area contributed by atoms with E-state index >= 15 is 0 Å². The Morgan fingerprint density at radius 2 is 1.75 bits per heavy atom. The van der Waals surface area contributed by atoms with Crippen LogP contribution in [0.15, 0.2) is 47.4 Å². The molecule has 1 saturated heterocycles. The van der Waals surface area contributed by atoms with Crippen molar-refractivity contribution in [1.82, 2.24) is 14.5 Å². The molecule has 0 aliphatic carbocycles. The number of hydrogen-bond acceptors (Lipinski definition) is 4. The van der Waals surface area contributed by atoms with E-state index in [1.807, 2.05) is 0 Å². The van der Waals surface area contributed by atoms with E-state index in [2.05, 4.69) is 10.2 Å². The van der Waals surface area contributed by atoms with Crippen LogP contribution in [0, 0.1) is 11.6 Å². The number of benzene rings is 2. The molecule has 0 atom stereocenters. The maximum atomic E-state index is 13.4. The van der Waals surface area contributed by atoms with Gasteiger partial charge in [0.25, 0.3) is 5.91 Å². The Labute approximate surface area is 188 Å². The first-order chi connectivity index (χ1) is 15.2. The predicted molar refractivity (Wildman–Crippen MR) is 119 cm³/mol. The van der Waals surface area contributed by atoms with Gasteiger partial charge in [-0.15, -0.1) is 0 Å². The van der Waals surface area contributed by atoms with Crippen molar-refractivity contribution in [2.75, 3.05) is 26.2 Å².